The third-order valence-corrected chi connectivity index (χ3v) is 5.61. The highest BCUT2D eigenvalue weighted by Crippen LogP contribution is 2.42. The predicted octanol–water partition coefficient (Wildman–Crippen LogP) is 4.80. The van der Waals surface area contributed by atoms with Crippen molar-refractivity contribution in [1.82, 2.24) is 0 Å². The first-order valence-electron chi connectivity index (χ1n) is 11.9. The molecule has 0 fully saturated rings. The molecule has 188 valence electrons. The topological polar surface area (TPSA) is 128 Å². The molecule has 0 rings (SSSR count). The minimum atomic E-state index is -4.26. The highest BCUT2D eigenvalue weighted by Gasteiger charge is 2.24. The van der Waals surface area contributed by atoms with Crippen molar-refractivity contribution in [3.05, 3.63) is 24.3 Å². The van der Waals surface area contributed by atoms with E-state index < -0.39 is 33.1 Å². The second-order valence-electron chi connectivity index (χ2n) is 7.66. The Morgan fingerprint density at radius 2 is 1.59 bits per heavy atom. The summed E-state index contributed by atoms with van der Waals surface area (Å²) in [6.45, 7) is 1.21. The number of phosphoric ester groups is 1. The van der Waals surface area contributed by atoms with Crippen molar-refractivity contribution < 1.29 is 33.1 Å². The molecule has 0 aliphatic heterocycles. The zero-order valence-electron chi connectivity index (χ0n) is 19.7. The number of carbonyl (C=O) groups excluding carboxylic acids is 1. The molecule has 0 amide bonds. The SMILES string of the molecule is CCCCCC=CCC=CCCCCCCCC(=O)OC(CO)COP(=O)(O)OCCN. The van der Waals surface area contributed by atoms with Crippen LogP contribution in [0.3, 0.4) is 0 Å². The molecule has 0 bridgehead atoms. The van der Waals surface area contributed by atoms with Gasteiger partial charge in [-0.3, -0.25) is 13.8 Å². The summed E-state index contributed by atoms with van der Waals surface area (Å²) in [6.07, 6.45) is 20.2. The molecule has 0 spiro atoms. The zero-order chi connectivity index (χ0) is 23.9. The summed E-state index contributed by atoms with van der Waals surface area (Å²) in [5.41, 5.74) is 5.19. The fourth-order valence-electron chi connectivity index (χ4n) is 2.83. The van der Waals surface area contributed by atoms with E-state index in [1.807, 2.05) is 0 Å². The fourth-order valence-corrected chi connectivity index (χ4v) is 3.60. The van der Waals surface area contributed by atoms with Gasteiger partial charge in [-0.2, -0.15) is 0 Å². The van der Waals surface area contributed by atoms with Gasteiger partial charge in [-0.15, -0.1) is 0 Å². The minimum absolute atomic E-state index is 0.0693. The van der Waals surface area contributed by atoms with Gasteiger partial charge in [0, 0.05) is 13.0 Å². The number of phosphoric acid groups is 1. The average molecular weight is 478 g/mol. The van der Waals surface area contributed by atoms with Crippen LogP contribution in [0.2, 0.25) is 0 Å². The maximum atomic E-state index is 11.9. The van der Waals surface area contributed by atoms with Crippen LogP contribution in [-0.4, -0.2) is 48.4 Å². The number of aliphatic hydroxyl groups is 1. The summed E-state index contributed by atoms with van der Waals surface area (Å²) in [4.78, 5) is 21.3. The van der Waals surface area contributed by atoms with Gasteiger partial charge in [-0.05, 0) is 38.5 Å². The van der Waals surface area contributed by atoms with Gasteiger partial charge in [0.05, 0.1) is 19.8 Å². The molecule has 32 heavy (non-hydrogen) atoms. The number of ether oxygens (including phenoxy) is 1. The van der Waals surface area contributed by atoms with Crippen molar-refractivity contribution >= 4 is 13.8 Å². The number of hydrogen-bond donors (Lipinski definition) is 3. The van der Waals surface area contributed by atoms with E-state index in [-0.39, 0.29) is 19.6 Å². The van der Waals surface area contributed by atoms with Gasteiger partial charge in [0.1, 0.15) is 6.10 Å². The summed E-state index contributed by atoms with van der Waals surface area (Å²) in [5.74, 6) is -0.464. The molecular formula is C23H44NO7P. The normalized spacial score (nSPS) is 14.8. The molecule has 0 aliphatic carbocycles. The Morgan fingerprint density at radius 3 is 2.22 bits per heavy atom. The molecule has 0 aromatic rings. The van der Waals surface area contributed by atoms with Crippen molar-refractivity contribution in [2.75, 3.05) is 26.4 Å². The summed E-state index contributed by atoms with van der Waals surface area (Å²) >= 11 is 0. The summed E-state index contributed by atoms with van der Waals surface area (Å²) in [6, 6.07) is 0. The minimum Gasteiger partial charge on any atom is -0.457 e. The van der Waals surface area contributed by atoms with Gasteiger partial charge >= 0.3 is 13.8 Å². The Morgan fingerprint density at radius 1 is 0.969 bits per heavy atom. The quantitative estimate of drug-likeness (QED) is 0.0878. The number of allylic oxidation sites excluding steroid dienone is 4. The molecule has 0 saturated heterocycles. The number of aliphatic hydroxyl groups excluding tert-OH is 1. The molecule has 0 aliphatic rings. The largest absolute Gasteiger partial charge is 0.472 e. The first-order valence-corrected chi connectivity index (χ1v) is 13.4. The van der Waals surface area contributed by atoms with Crippen LogP contribution in [-0.2, 0) is 23.1 Å². The van der Waals surface area contributed by atoms with Gasteiger partial charge in [0.2, 0.25) is 0 Å². The second kappa shape index (κ2) is 21.8. The lowest BCUT2D eigenvalue weighted by atomic mass is 10.1. The van der Waals surface area contributed by atoms with Crippen molar-refractivity contribution in [1.29, 1.82) is 0 Å². The molecule has 8 nitrogen and oxygen atoms in total. The van der Waals surface area contributed by atoms with E-state index in [2.05, 4.69) is 35.8 Å². The van der Waals surface area contributed by atoms with Crippen LogP contribution in [0, 0.1) is 0 Å². The van der Waals surface area contributed by atoms with Crippen LogP contribution >= 0.6 is 7.82 Å². The second-order valence-corrected chi connectivity index (χ2v) is 9.11. The first-order chi connectivity index (χ1) is 15.4. The van der Waals surface area contributed by atoms with Crippen LogP contribution in [0.15, 0.2) is 24.3 Å². The summed E-state index contributed by atoms with van der Waals surface area (Å²) in [5, 5.41) is 9.25. The van der Waals surface area contributed by atoms with Gasteiger partial charge < -0.3 is 20.5 Å². The lowest BCUT2D eigenvalue weighted by Gasteiger charge is -2.17. The van der Waals surface area contributed by atoms with E-state index in [0.717, 1.165) is 38.5 Å². The third-order valence-electron chi connectivity index (χ3n) is 4.63. The average Bonchev–Trinajstić information content (AvgIpc) is 2.77. The molecular weight excluding hydrogens is 433 g/mol. The van der Waals surface area contributed by atoms with Crippen LogP contribution in [0.5, 0.6) is 0 Å². The lowest BCUT2D eigenvalue weighted by Crippen LogP contribution is -2.27. The monoisotopic (exact) mass is 477 g/mol. The highest BCUT2D eigenvalue weighted by molar-refractivity contribution is 7.47. The molecule has 0 radical (unpaired) electrons. The van der Waals surface area contributed by atoms with Gasteiger partial charge in [-0.1, -0.05) is 63.3 Å². The molecule has 0 aromatic carbocycles. The molecule has 2 unspecified atom stereocenters. The van der Waals surface area contributed by atoms with Gasteiger partial charge in [0.15, 0.2) is 0 Å². The fraction of sp³-hybridized carbons (Fsp3) is 0.783. The first kappa shape index (κ1) is 31.0. The molecule has 0 aromatic heterocycles. The Hall–Kier alpha value is -1.02. The van der Waals surface area contributed by atoms with Crippen molar-refractivity contribution in [3.8, 4) is 0 Å². The number of esters is 1. The Bertz CT molecular complexity index is 554. The van der Waals surface area contributed by atoms with E-state index in [0.29, 0.717) is 6.42 Å². The Kier molecular flexibility index (Phi) is 21.1. The van der Waals surface area contributed by atoms with Crippen LogP contribution in [0.25, 0.3) is 0 Å². The number of rotatable bonds is 22. The number of carbonyl (C=O) groups is 1. The number of unbranched alkanes of at least 4 members (excludes halogenated alkanes) is 8. The number of hydrogen-bond acceptors (Lipinski definition) is 7. The van der Waals surface area contributed by atoms with Crippen LogP contribution in [0.1, 0.15) is 84.0 Å². The molecule has 2 atom stereocenters. The molecule has 0 saturated carbocycles. The maximum Gasteiger partial charge on any atom is 0.472 e. The van der Waals surface area contributed by atoms with E-state index in [1.54, 1.807) is 0 Å². The highest BCUT2D eigenvalue weighted by atomic mass is 31.2. The Labute approximate surface area is 193 Å². The van der Waals surface area contributed by atoms with Crippen molar-refractivity contribution in [2.45, 2.75) is 90.1 Å². The summed E-state index contributed by atoms with van der Waals surface area (Å²) in [7, 11) is -4.26. The molecule has 0 heterocycles. The van der Waals surface area contributed by atoms with E-state index in [1.165, 1.54) is 25.7 Å². The standard InChI is InChI=1S/C23H44NO7P/c1-2-3-4-5-6-7-8-9-10-11-12-13-14-15-16-17-23(26)31-22(20-25)21-30-32(27,28)29-19-18-24/h6-7,9-10,22,25H,2-5,8,11-21,24H2,1H3,(H,27,28). The molecule has 9 heteroatoms. The predicted molar refractivity (Wildman–Crippen MR) is 127 cm³/mol. The van der Waals surface area contributed by atoms with Crippen LogP contribution in [0.4, 0.5) is 0 Å². The van der Waals surface area contributed by atoms with Gasteiger partial charge in [0.25, 0.3) is 0 Å². The maximum absolute atomic E-state index is 11.9. The number of nitrogens with two attached hydrogens (primary N) is 1. The van der Waals surface area contributed by atoms with E-state index >= 15 is 0 Å². The van der Waals surface area contributed by atoms with Crippen molar-refractivity contribution in [3.63, 3.8) is 0 Å². The molecule has 4 N–H and O–H groups in total. The third kappa shape index (κ3) is 20.9. The van der Waals surface area contributed by atoms with Gasteiger partial charge in [-0.25, -0.2) is 4.57 Å². The Balaban J connectivity index is 3.69. The van der Waals surface area contributed by atoms with Crippen LogP contribution < -0.4 is 5.73 Å². The van der Waals surface area contributed by atoms with E-state index in [4.69, 9.17) is 15.0 Å². The summed E-state index contributed by atoms with van der Waals surface area (Å²) < 4.78 is 25.9. The zero-order valence-corrected chi connectivity index (χ0v) is 20.6. The van der Waals surface area contributed by atoms with E-state index in [9.17, 15) is 19.4 Å². The van der Waals surface area contributed by atoms with Crippen molar-refractivity contribution in [2.24, 2.45) is 5.73 Å². The smallest absolute Gasteiger partial charge is 0.457 e. The lowest BCUT2D eigenvalue weighted by molar-refractivity contribution is -0.153.